The maximum absolute atomic E-state index is 12.4. The van der Waals surface area contributed by atoms with Gasteiger partial charge in [-0.1, -0.05) is 6.92 Å². The standard InChI is InChI=1S/C19H30N2O4/c1-2-16-5-3-4-10-21(16)17(22)13-25-19(24)15-8-11-20(12-9-15)18(23)14-6-7-14/h14-16H,2-13H2,1H3. The van der Waals surface area contributed by atoms with Crippen LogP contribution < -0.4 is 0 Å². The van der Waals surface area contributed by atoms with Crippen molar-refractivity contribution in [2.24, 2.45) is 11.8 Å². The van der Waals surface area contributed by atoms with Gasteiger partial charge < -0.3 is 14.5 Å². The predicted octanol–water partition coefficient (Wildman–Crippen LogP) is 1.97. The second kappa shape index (κ2) is 8.19. The zero-order chi connectivity index (χ0) is 17.8. The summed E-state index contributed by atoms with van der Waals surface area (Å²) < 4.78 is 5.31. The zero-order valence-electron chi connectivity index (χ0n) is 15.2. The molecule has 0 aromatic carbocycles. The minimum Gasteiger partial charge on any atom is -0.455 e. The third-order valence-corrected chi connectivity index (χ3v) is 5.82. The summed E-state index contributed by atoms with van der Waals surface area (Å²) >= 11 is 0. The van der Waals surface area contributed by atoms with Crippen LogP contribution in [0.4, 0.5) is 0 Å². The molecule has 2 aliphatic heterocycles. The maximum atomic E-state index is 12.4. The second-order valence-corrected chi connectivity index (χ2v) is 7.63. The highest BCUT2D eigenvalue weighted by Gasteiger charge is 2.36. The van der Waals surface area contributed by atoms with Gasteiger partial charge in [0.25, 0.3) is 5.91 Å². The van der Waals surface area contributed by atoms with Crippen LogP contribution in [0.25, 0.3) is 0 Å². The SMILES string of the molecule is CCC1CCCCN1C(=O)COC(=O)C1CCN(C(=O)C2CC2)CC1. The number of likely N-dealkylation sites (tertiary alicyclic amines) is 2. The first-order valence-electron chi connectivity index (χ1n) is 9.85. The fraction of sp³-hybridized carbons (Fsp3) is 0.842. The van der Waals surface area contributed by atoms with E-state index < -0.39 is 0 Å². The highest BCUT2D eigenvalue weighted by molar-refractivity contribution is 5.83. The average molecular weight is 350 g/mol. The first-order chi connectivity index (χ1) is 12.1. The monoisotopic (exact) mass is 350 g/mol. The molecule has 1 aliphatic carbocycles. The van der Waals surface area contributed by atoms with E-state index in [0.29, 0.717) is 25.9 Å². The molecule has 2 amide bonds. The number of carbonyl (C=O) groups excluding carboxylic acids is 3. The molecular weight excluding hydrogens is 320 g/mol. The molecule has 140 valence electrons. The van der Waals surface area contributed by atoms with Crippen LogP contribution in [0.2, 0.25) is 0 Å². The number of piperidine rings is 2. The van der Waals surface area contributed by atoms with Crippen LogP contribution in [-0.2, 0) is 19.1 Å². The molecule has 0 aromatic heterocycles. The highest BCUT2D eigenvalue weighted by Crippen LogP contribution is 2.32. The number of hydrogen-bond acceptors (Lipinski definition) is 4. The molecule has 3 aliphatic rings. The van der Waals surface area contributed by atoms with Gasteiger partial charge in [-0.2, -0.15) is 0 Å². The zero-order valence-corrected chi connectivity index (χ0v) is 15.2. The lowest BCUT2D eigenvalue weighted by Crippen LogP contribution is -2.46. The molecule has 1 unspecified atom stereocenters. The Balaban J connectivity index is 1.40. The average Bonchev–Trinajstić information content (AvgIpc) is 3.50. The minimum absolute atomic E-state index is 0.0683. The predicted molar refractivity (Wildman–Crippen MR) is 92.6 cm³/mol. The van der Waals surface area contributed by atoms with Crippen molar-refractivity contribution < 1.29 is 19.1 Å². The van der Waals surface area contributed by atoms with Crippen LogP contribution >= 0.6 is 0 Å². The largest absolute Gasteiger partial charge is 0.455 e. The fourth-order valence-electron chi connectivity index (χ4n) is 4.01. The number of nitrogens with zero attached hydrogens (tertiary/aromatic N) is 2. The summed E-state index contributed by atoms with van der Waals surface area (Å²) in [4.78, 5) is 40.4. The molecule has 25 heavy (non-hydrogen) atoms. The Hall–Kier alpha value is -1.59. The van der Waals surface area contributed by atoms with E-state index in [1.165, 1.54) is 6.42 Å². The number of hydrogen-bond donors (Lipinski definition) is 0. The van der Waals surface area contributed by atoms with Crippen molar-refractivity contribution in [2.45, 2.75) is 64.3 Å². The van der Waals surface area contributed by atoms with E-state index in [2.05, 4.69) is 6.92 Å². The summed E-state index contributed by atoms with van der Waals surface area (Å²) in [6, 6.07) is 0.289. The molecule has 0 bridgehead atoms. The second-order valence-electron chi connectivity index (χ2n) is 7.63. The van der Waals surface area contributed by atoms with Crippen molar-refractivity contribution in [3.05, 3.63) is 0 Å². The lowest BCUT2D eigenvalue weighted by molar-refractivity contribution is -0.158. The van der Waals surface area contributed by atoms with E-state index in [9.17, 15) is 14.4 Å². The number of rotatable bonds is 5. The lowest BCUT2D eigenvalue weighted by atomic mass is 9.96. The molecule has 0 aromatic rings. The van der Waals surface area contributed by atoms with Crippen molar-refractivity contribution in [2.75, 3.05) is 26.2 Å². The van der Waals surface area contributed by atoms with Gasteiger partial charge in [0, 0.05) is 31.6 Å². The maximum Gasteiger partial charge on any atom is 0.309 e. The van der Waals surface area contributed by atoms with Gasteiger partial charge in [-0.25, -0.2) is 0 Å². The first kappa shape index (κ1) is 18.2. The van der Waals surface area contributed by atoms with Gasteiger partial charge >= 0.3 is 5.97 Å². The van der Waals surface area contributed by atoms with E-state index in [1.54, 1.807) is 0 Å². The van der Waals surface area contributed by atoms with E-state index in [0.717, 1.165) is 38.6 Å². The molecule has 0 spiro atoms. The lowest BCUT2D eigenvalue weighted by Gasteiger charge is -2.35. The van der Waals surface area contributed by atoms with Crippen LogP contribution in [0.3, 0.4) is 0 Å². The van der Waals surface area contributed by atoms with Crippen molar-refractivity contribution >= 4 is 17.8 Å². The van der Waals surface area contributed by atoms with Crippen LogP contribution in [0, 0.1) is 11.8 Å². The van der Waals surface area contributed by atoms with E-state index in [4.69, 9.17) is 4.74 Å². The molecule has 1 saturated carbocycles. The smallest absolute Gasteiger partial charge is 0.309 e. The Kier molecular flexibility index (Phi) is 5.97. The van der Waals surface area contributed by atoms with Crippen LogP contribution in [0.1, 0.15) is 58.3 Å². The van der Waals surface area contributed by atoms with Gasteiger partial charge in [0.2, 0.25) is 5.91 Å². The molecule has 1 atom stereocenters. The number of amides is 2. The third-order valence-electron chi connectivity index (χ3n) is 5.82. The van der Waals surface area contributed by atoms with Crippen LogP contribution in [0.5, 0.6) is 0 Å². The summed E-state index contributed by atoms with van der Waals surface area (Å²) in [6.07, 6.45) is 7.51. The van der Waals surface area contributed by atoms with Crippen molar-refractivity contribution in [1.82, 2.24) is 9.80 Å². The summed E-state index contributed by atoms with van der Waals surface area (Å²) in [5.41, 5.74) is 0. The van der Waals surface area contributed by atoms with Crippen LogP contribution in [0.15, 0.2) is 0 Å². The molecule has 3 fully saturated rings. The van der Waals surface area contributed by atoms with Gasteiger partial charge in [-0.15, -0.1) is 0 Å². The molecule has 0 radical (unpaired) electrons. The number of esters is 1. The highest BCUT2D eigenvalue weighted by atomic mass is 16.5. The quantitative estimate of drug-likeness (QED) is 0.711. The molecular formula is C19H30N2O4. The topological polar surface area (TPSA) is 66.9 Å². The van der Waals surface area contributed by atoms with Gasteiger partial charge in [0.1, 0.15) is 0 Å². The van der Waals surface area contributed by atoms with E-state index in [1.807, 2.05) is 9.80 Å². The van der Waals surface area contributed by atoms with Gasteiger partial charge in [-0.3, -0.25) is 14.4 Å². The Morgan fingerprint density at radius 2 is 1.64 bits per heavy atom. The fourth-order valence-corrected chi connectivity index (χ4v) is 4.01. The van der Waals surface area contributed by atoms with Gasteiger partial charge in [0.05, 0.1) is 5.92 Å². The molecule has 6 heteroatoms. The summed E-state index contributed by atoms with van der Waals surface area (Å²) in [6.45, 7) is 3.99. The number of carbonyl (C=O) groups is 3. The Labute approximate surface area is 149 Å². The van der Waals surface area contributed by atoms with Crippen molar-refractivity contribution in [1.29, 1.82) is 0 Å². The molecule has 2 heterocycles. The van der Waals surface area contributed by atoms with Crippen molar-refractivity contribution in [3.8, 4) is 0 Å². The van der Waals surface area contributed by atoms with Crippen LogP contribution in [-0.4, -0.2) is 59.9 Å². The minimum atomic E-state index is -0.281. The Bertz CT molecular complexity index is 510. The molecule has 2 saturated heterocycles. The summed E-state index contributed by atoms with van der Waals surface area (Å²) in [7, 11) is 0. The third kappa shape index (κ3) is 4.53. The van der Waals surface area contributed by atoms with Crippen molar-refractivity contribution in [3.63, 3.8) is 0 Å². The van der Waals surface area contributed by atoms with E-state index in [-0.39, 0.29) is 42.3 Å². The van der Waals surface area contributed by atoms with Gasteiger partial charge in [-0.05, 0) is 51.4 Å². The van der Waals surface area contributed by atoms with Gasteiger partial charge in [0.15, 0.2) is 6.61 Å². The Morgan fingerprint density at radius 3 is 2.28 bits per heavy atom. The Morgan fingerprint density at radius 1 is 0.920 bits per heavy atom. The molecule has 3 rings (SSSR count). The van der Waals surface area contributed by atoms with E-state index >= 15 is 0 Å². The summed E-state index contributed by atoms with van der Waals surface area (Å²) in [5.74, 6) is -0.0487. The normalized spacial score (nSPS) is 24.9. The molecule has 0 N–H and O–H groups in total. The first-order valence-corrected chi connectivity index (χ1v) is 9.85. The number of ether oxygens (including phenoxy) is 1. The summed E-state index contributed by atoms with van der Waals surface area (Å²) in [5, 5.41) is 0. The molecule has 6 nitrogen and oxygen atoms in total.